The maximum Gasteiger partial charge on any atom is 0.414 e. The van der Waals surface area contributed by atoms with Gasteiger partial charge in [-0.25, -0.2) is 9.59 Å². The predicted molar refractivity (Wildman–Crippen MR) is 109 cm³/mol. The Labute approximate surface area is 167 Å². The zero-order valence-corrected chi connectivity index (χ0v) is 16.9. The Balaban J connectivity index is 0.000000568. The molecule has 0 bridgehead atoms. The summed E-state index contributed by atoms with van der Waals surface area (Å²) in [5.41, 5.74) is 1.43. The van der Waals surface area contributed by atoms with Gasteiger partial charge >= 0.3 is 11.9 Å². The number of unbranched alkanes of at least 4 members (excludes halogenated alkanes) is 1. The number of aliphatic carboxylic acids is 2. The Morgan fingerprint density at radius 2 is 1.71 bits per heavy atom. The van der Waals surface area contributed by atoms with Crippen LogP contribution in [0.4, 0.5) is 0 Å². The fraction of sp³-hybridized carbons (Fsp3) is 0.545. The quantitative estimate of drug-likeness (QED) is 0.393. The van der Waals surface area contributed by atoms with E-state index in [0.717, 1.165) is 24.9 Å². The summed E-state index contributed by atoms with van der Waals surface area (Å²) in [5, 5.41) is 14.8. The van der Waals surface area contributed by atoms with Crippen molar-refractivity contribution in [1.82, 2.24) is 4.90 Å². The van der Waals surface area contributed by atoms with Gasteiger partial charge in [0.05, 0.1) is 13.4 Å². The van der Waals surface area contributed by atoms with Crippen molar-refractivity contribution in [3.63, 3.8) is 0 Å². The lowest BCUT2D eigenvalue weighted by molar-refractivity contribution is -0.159. The Kier molecular flexibility index (Phi) is 11.7. The molecule has 0 saturated heterocycles. The van der Waals surface area contributed by atoms with Crippen LogP contribution in [0, 0.1) is 5.92 Å². The zero-order chi connectivity index (χ0) is 20.8. The van der Waals surface area contributed by atoms with Gasteiger partial charge in [0, 0.05) is 12.6 Å². The minimum atomic E-state index is -1.82. The second-order valence-electron chi connectivity index (χ2n) is 7.22. The van der Waals surface area contributed by atoms with Gasteiger partial charge in [-0.05, 0) is 63.1 Å². The predicted octanol–water partition coefficient (Wildman–Crippen LogP) is 4.16. The van der Waals surface area contributed by atoms with Crippen molar-refractivity contribution < 1.29 is 24.5 Å². The van der Waals surface area contributed by atoms with E-state index in [1.165, 1.54) is 44.1 Å². The van der Waals surface area contributed by atoms with E-state index < -0.39 is 11.9 Å². The van der Waals surface area contributed by atoms with Gasteiger partial charge in [0.15, 0.2) is 0 Å². The number of carboxylic acids is 2. The van der Waals surface area contributed by atoms with Crippen LogP contribution in [0.2, 0.25) is 0 Å². The standard InChI is InChI=1S/C20H31NO.C2H2O4/c1-21(17-19-10-5-3-6-11-19)20-14-12-18(13-15-20)9-7-4-8-16-22-2;3-1(4)2(5)6/h3,5-6,8,10-11,16,18,20H,4,7,9,12-15,17H2,1-2H3;(H,3,4)(H,5,6). The maximum absolute atomic E-state index is 9.10. The van der Waals surface area contributed by atoms with Crippen LogP contribution in [0.25, 0.3) is 0 Å². The number of methoxy groups -OCH3 is 1. The van der Waals surface area contributed by atoms with Gasteiger partial charge in [-0.3, -0.25) is 4.90 Å². The number of hydrogen-bond acceptors (Lipinski definition) is 4. The van der Waals surface area contributed by atoms with Crippen LogP contribution in [-0.4, -0.2) is 47.3 Å². The first kappa shape index (κ1) is 23.7. The van der Waals surface area contributed by atoms with Crippen LogP contribution in [0.3, 0.4) is 0 Å². The summed E-state index contributed by atoms with van der Waals surface area (Å²) in [6, 6.07) is 11.6. The van der Waals surface area contributed by atoms with Crippen molar-refractivity contribution in [3.8, 4) is 0 Å². The monoisotopic (exact) mass is 391 g/mol. The molecule has 1 fully saturated rings. The highest BCUT2D eigenvalue weighted by molar-refractivity contribution is 6.27. The number of nitrogens with zero attached hydrogens (tertiary/aromatic N) is 1. The summed E-state index contributed by atoms with van der Waals surface area (Å²) in [4.78, 5) is 20.7. The van der Waals surface area contributed by atoms with Crippen molar-refractivity contribution in [2.24, 2.45) is 5.92 Å². The number of allylic oxidation sites excluding steroid dienone is 1. The average molecular weight is 392 g/mol. The molecule has 1 aromatic rings. The third-order valence-electron chi connectivity index (χ3n) is 5.11. The third kappa shape index (κ3) is 10.1. The molecule has 0 atom stereocenters. The molecule has 0 unspecified atom stereocenters. The molecule has 1 aliphatic carbocycles. The van der Waals surface area contributed by atoms with E-state index in [4.69, 9.17) is 24.5 Å². The molecule has 1 aromatic carbocycles. The lowest BCUT2D eigenvalue weighted by Crippen LogP contribution is -2.34. The number of hydrogen-bond donors (Lipinski definition) is 2. The molecule has 0 amide bonds. The largest absolute Gasteiger partial charge is 0.505 e. The van der Waals surface area contributed by atoms with Gasteiger partial charge in [-0.2, -0.15) is 0 Å². The molecular weight excluding hydrogens is 358 g/mol. The highest BCUT2D eigenvalue weighted by atomic mass is 16.5. The summed E-state index contributed by atoms with van der Waals surface area (Å²) >= 11 is 0. The Morgan fingerprint density at radius 3 is 2.25 bits per heavy atom. The van der Waals surface area contributed by atoms with Crippen LogP contribution in [-0.2, 0) is 20.9 Å². The molecule has 0 aromatic heterocycles. The van der Waals surface area contributed by atoms with E-state index in [9.17, 15) is 0 Å². The van der Waals surface area contributed by atoms with Crippen molar-refractivity contribution >= 4 is 11.9 Å². The fourth-order valence-electron chi connectivity index (χ4n) is 3.56. The normalized spacial score (nSPS) is 19.1. The molecule has 2 N–H and O–H groups in total. The second kappa shape index (κ2) is 13.8. The van der Waals surface area contributed by atoms with Gasteiger partial charge in [-0.15, -0.1) is 0 Å². The van der Waals surface area contributed by atoms with Gasteiger partial charge < -0.3 is 14.9 Å². The Hall–Kier alpha value is -2.34. The van der Waals surface area contributed by atoms with E-state index in [0.29, 0.717) is 0 Å². The highest BCUT2D eigenvalue weighted by Crippen LogP contribution is 2.31. The molecule has 2 rings (SSSR count). The van der Waals surface area contributed by atoms with E-state index in [1.54, 1.807) is 13.4 Å². The van der Waals surface area contributed by atoms with Crippen molar-refractivity contribution in [2.75, 3.05) is 14.2 Å². The van der Waals surface area contributed by atoms with Crippen molar-refractivity contribution in [1.29, 1.82) is 0 Å². The van der Waals surface area contributed by atoms with Gasteiger partial charge in [-0.1, -0.05) is 36.8 Å². The van der Waals surface area contributed by atoms with E-state index in [-0.39, 0.29) is 0 Å². The number of ether oxygens (including phenoxy) is 1. The first-order valence-electron chi connectivity index (χ1n) is 9.82. The van der Waals surface area contributed by atoms with Crippen LogP contribution in [0.5, 0.6) is 0 Å². The first-order chi connectivity index (χ1) is 13.4. The molecule has 28 heavy (non-hydrogen) atoms. The minimum Gasteiger partial charge on any atom is -0.505 e. The second-order valence-corrected chi connectivity index (χ2v) is 7.22. The van der Waals surface area contributed by atoms with Gasteiger partial charge in [0.25, 0.3) is 0 Å². The van der Waals surface area contributed by atoms with E-state index >= 15 is 0 Å². The molecule has 156 valence electrons. The lowest BCUT2D eigenvalue weighted by atomic mass is 9.82. The van der Waals surface area contributed by atoms with Crippen LogP contribution in [0.15, 0.2) is 42.7 Å². The van der Waals surface area contributed by atoms with E-state index in [1.807, 2.05) is 0 Å². The average Bonchev–Trinajstić information content (AvgIpc) is 2.69. The highest BCUT2D eigenvalue weighted by Gasteiger charge is 2.23. The van der Waals surface area contributed by atoms with Crippen molar-refractivity contribution in [3.05, 3.63) is 48.2 Å². The first-order valence-corrected chi connectivity index (χ1v) is 9.82. The fourth-order valence-corrected chi connectivity index (χ4v) is 3.56. The summed E-state index contributed by atoms with van der Waals surface area (Å²) in [6.45, 7) is 1.08. The summed E-state index contributed by atoms with van der Waals surface area (Å²) in [7, 11) is 4.00. The topological polar surface area (TPSA) is 87.1 Å². The van der Waals surface area contributed by atoms with Crippen LogP contribution in [0.1, 0.15) is 50.5 Å². The third-order valence-corrected chi connectivity index (χ3v) is 5.11. The van der Waals surface area contributed by atoms with E-state index in [2.05, 4.69) is 48.4 Å². The smallest absolute Gasteiger partial charge is 0.414 e. The molecule has 6 nitrogen and oxygen atoms in total. The molecule has 1 saturated carbocycles. The summed E-state index contributed by atoms with van der Waals surface area (Å²) in [6.07, 6.45) is 13.3. The Bertz CT molecular complexity index is 582. The molecule has 0 radical (unpaired) electrons. The molecule has 1 aliphatic rings. The molecular formula is C22H33NO5. The number of carbonyl (C=O) groups is 2. The molecule has 6 heteroatoms. The number of rotatable bonds is 8. The lowest BCUT2D eigenvalue weighted by Gasteiger charge is -2.34. The van der Waals surface area contributed by atoms with Gasteiger partial charge in [0.2, 0.25) is 0 Å². The zero-order valence-electron chi connectivity index (χ0n) is 16.9. The maximum atomic E-state index is 9.10. The minimum absolute atomic E-state index is 0.768. The molecule has 0 aliphatic heterocycles. The molecule has 0 heterocycles. The SMILES string of the molecule is COC=CCCCC1CCC(N(C)Cc2ccccc2)CC1.O=C(O)C(=O)O. The molecule has 0 spiro atoms. The number of benzene rings is 1. The van der Waals surface area contributed by atoms with Gasteiger partial charge in [0.1, 0.15) is 0 Å². The van der Waals surface area contributed by atoms with Crippen LogP contribution >= 0.6 is 0 Å². The number of carboxylic acid groups (broad SMARTS) is 2. The summed E-state index contributed by atoms with van der Waals surface area (Å²) < 4.78 is 4.94. The summed E-state index contributed by atoms with van der Waals surface area (Å²) in [5.74, 6) is -2.71. The van der Waals surface area contributed by atoms with Crippen molar-refractivity contribution in [2.45, 2.75) is 57.5 Å². The Morgan fingerprint density at radius 1 is 1.11 bits per heavy atom. The van der Waals surface area contributed by atoms with Crippen LogP contribution < -0.4 is 0 Å².